The van der Waals surface area contributed by atoms with E-state index in [1.54, 1.807) is 0 Å². The van der Waals surface area contributed by atoms with E-state index in [-0.39, 0.29) is 17.2 Å². The lowest BCUT2D eigenvalue weighted by atomic mass is 10.2. The van der Waals surface area contributed by atoms with E-state index in [9.17, 15) is 9.90 Å². The molecule has 0 unspecified atom stereocenters. The van der Waals surface area contributed by atoms with Crippen molar-refractivity contribution < 1.29 is 14.6 Å². The van der Waals surface area contributed by atoms with Crippen molar-refractivity contribution in [3.8, 4) is 11.5 Å². The number of rotatable bonds is 4. The molecule has 1 rings (SSSR count). The zero-order valence-electron chi connectivity index (χ0n) is 10.2. The Morgan fingerprint density at radius 3 is 2.88 bits per heavy atom. The number of hydrogen-bond donors (Lipinski definition) is 2. The monoisotopic (exact) mass is 236 g/mol. The minimum Gasteiger partial charge on any atom is -0.503 e. The fourth-order valence-electron chi connectivity index (χ4n) is 1.20. The quantitative estimate of drug-likeness (QED) is 0.777. The number of nitrogens with one attached hydrogen (secondary N) is 1. The second-order valence-corrected chi connectivity index (χ2v) is 3.70. The summed E-state index contributed by atoms with van der Waals surface area (Å²) in [6.45, 7) is 4.28. The number of hydrogen-bond acceptors (Lipinski definition) is 4. The summed E-state index contributed by atoms with van der Waals surface area (Å²) in [6, 6.07) is 1.49. The molecule has 5 heteroatoms. The van der Waals surface area contributed by atoms with Gasteiger partial charge in [0.05, 0.1) is 7.11 Å². The molecule has 0 fully saturated rings. The predicted octanol–water partition coefficient (Wildman–Crippen LogP) is 1.49. The molecular formula is C12H16N2O3. The lowest BCUT2D eigenvalue weighted by Crippen LogP contribution is -2.24. The number of methoxy groups -OCH3 is 1. The lowest BCUT2D eigenvalue weighted by Gasteiger charge is -2.07. The van der Waals surface area contributed by atoms with Gasteiger partial charge in [-0.1, -0.05) is 11.6 Å². The van der Waals surface area contributed by atoms with Crippen molar-refractivity contribution in [3.63, 3.8) is 0 Å². The van der Waals surface area contributed by atoms with E-state index >= 15 is 0 Å². The molecule has 92 valence electrons. The topological polar surface area (TPSA) is 71.5 Å². The first-order valence-corrected chi connectivity index (χ1v) is 5.19. The van der Waals surface area contributed by atoms with Gasteiger partial charge in [-0.25, -0.2) is 4.98 Å². The second kappa shape index (κ2) is 5.89. The number of ether oxygens (including phenoxy) is 1. The SMILES string of the molecule is COc1ccnc(C(=O)NCC=C(C)C)c1O. The minimum atomic E-state index is -0.432. The van der Waals surface area contributed by atoms with Gasteiger partial charge in [0.15, 0.2) is 17.2 Å². The normalized spacial score (nSPS) is 9.59. The molecule has 1 aromatic rings. The van der Waals surface area contributed by atoms with E-state index in [0.717, 1.165) is 5.57 Å². The van der Waals surface area contributed by atoms with Crippen LogP contribution in [0, 0.1) is 0 Å². The largest absolute Gasteiger partial charge is 0.503 e. The van der Waals surface area contributed by atoms with Crippen LogP contribution in [0.15, 0.2) is 23.9 Å². The van der Waals surface area contributed by atoms with Crippen molar-refractivity contribution in [2.24, 2.45) is 0 Å². The molecule has 0 aromatic carbocycles. The van der Waals surface area contributed by atoms with Gasteiger partial charge in [0.1, 0.15) is 0 Å². The molecule has 0 aliphatic carbocycles. The van der Waals surface area contributed by atoms with Gasteiger partial charge in [-0.05, 0) is 13.8 Å². The third-order valence-corrected chi connectivity index (χ3v) is 2.10. The average molecular weight is 236 g/mol. The van der Waals surface area contributed by atoms with Gasteiger partial charge >= 0.3 is 0 Å². The van der Waals surface area contributed by atoms with Crippen molar-refractivity contribution in [1.82, 2.24) is 10.3 Å². The molecule has 5 nitrogen and oxygen atoms in total. The number of carbonyl (C=O) groups excluding carboxylic acids is 1. The van der Waals surface area contributed by atoms with E-state index in [1.807, 2.05) is 19.9 Å². The molecule has 0 aliphatic heterocycles. The summed E-state index contributed by atoms with van der Waals surface area (Å²) in [5.41, 5.74) is 1.07. The number of aromatic hydroxyl groups is 1. The first kappa shape index (κ1) is 13.0. The maximum Gasteiger partial charge on any atom is 0.274 e. The van der Waals surface area contributed by atoms with Crippen LogP contribution in [0.5, 0.6) is 11.5 Å². The minimum absolute atomic E-state index is 0.0356. The number of amides is 1. The third kappa shape index (κ3) is 3.48. The van der Waals surface area contributed by atoms with Crippen LogP contribution in [0.4, 0.5) is 0 Å². The molecule has 0 atom stereocenters. The number of pyridine rings is 1. The summed E-state index contributed by atoms with van der Waals surface area (Å²) < 4.78 is 4.90. The standard InChI is InChI=1S/C12H16N2O3/c1-8(2)4-6-14-12(16)10-11(15)9(17-3)5-7-13-10/h4-5,7,15H,6H2,1-3H3,(H,14,16). The van der Waals surface area contributed by atoms with Crippen LogP contribution >= 0.6 is 0 Å². The zero-order valence-corrected chi connectivity index (χ0v) is 10.2. The van der Waals surface area contributed by atoms with Crippen molar-refractivity contribution in [2.75, 3.05) is 13.7 Å². The maximum atomic E-state index is 11.7. The number of allylic oxidation sites excluding steroid dienone is 1. The Bertz CT molecular complexity index is 437. The second-order valence-electron chi connectivity index (χ2n) is 3.70. The van der Waals surface area contributed by atoms with Gasteiger partial charge < -0.3 is 15.2 Å². The highest BCUT2D eigenvalue weighted by molar-refractivity contribution is 5.95. The van der Waals surface area contributed by atoms with Gasteiger partial charge in [0.25, 0.3) is 5.91 Å². The van der Waals surface area contributed by atoms with Gasteiger partial charge in [-0.3, -0.25) is 4.79 Å². The first-order chi connectivity index (χ1) is 8.06. The number of nitrogens with zero attached hydrogens (tertiary/aromatic N) is 1. The van der Waals surface area contributed by atoms with Crippen molar-refractivity contribution >= 4 is 5.91 Å². The highest BCUT2D eigenvalue weighted by atomic mass is 16.5. The molecule has 0 saturated carbocycles. The van der Waals surface area contributed by atoms with Gasteiger partial charge in [0, 0.05) is 18.8 Å². The van der Waals surface area contributed by atoms with Gasteiger partial charge in [-0.15, -0.1) is 0 Å². The smallest absolute Gasteiger partial charge is 0.274 e. The highest BCUT2D eigenvalue weighted by Gasteiger charge is 2.15. The van der Waals surface area contributed by atoms with Crippen LogP contribution in [0.3, 0.4) is 0 Å². The average Bonchev–Trinajstić information content (AvgIpc) is 2.28. The number of carbonyl (C=O) groups is 1. The van der Waals surface area contributed by atoms with Crippen LogP contribution in [-0.2, 0) is 0 Å². The zero-order chi connectivity index (χ0) is 12.8. The molecule has 2 N–H and O–H groups in total. The summed E-state index contributed by atoms with van der Waals surface area (Å²) in [4.78, 5) is 15.5. The number of aromatic nitrogens is 1. The van der Waals surface area contributed by atoms with Crippen LogP contribution < -0.4 is 10.1 Å². The van der Waals surface area contributed by atoms with E-state index in [4.69, 9.17) is 4.74 Å². The molecule has 0 radical (unpaired) electrons. The lowest BCUT2D eigenvalue weighted by molar-refractivity contribution is 0.0949. The molecule has 1 amide bonds. The predicted molar refractivity (Wildman–Crippen MR) is 64.2 cm³/mol. The molecule has 17 heavy (non-hydrogen) atoms. The summed E-state index contributed by atoms with van der Waals surface area (Å²) in [5, 5.41) is 12.3. The van der Waals surface area contributed by atoms with Crippen molar-refractivity contribution in [1.29, 1.82) is 0 Å². The molecule has 1 aromatic heterocycles. The molecule has 0 spiro atoms. The molecule has 0 bridgehead atoms. The Balaban J connectivity index is 2.79. The Hall–Kier alpha value is -2.04. The van der Waals surface area contributed by atoms with Crippen LogP contribution in [-0.4, -0.2) is 29.7 Å². The van der Waals surface area contributed by atoms with E-state index in [0.29, 0.717) is 6.54 Å². The van der Waals surface area contributed by atoms with Crippen molar-refractivity contribution in [3.05, 3.63) is 29.6 Å². The van der Waals surface area contributed by atoms with Crippen molar-refractivity contribution in [2.45, 2.75) is 13.8 Å². The van der Waals surface area contributed by atoms with E-state index in [2.05, 4.69) is 10.3 Å². The fourth-order valence-corrected chi connectivity index (χ4v) is 1.20. The van der Waals surface area contributed by atoms with Crippen LogP contribution in [0.1, 0.15) is 24.3 Å². The molecule has 0 saturated heterocycles. The first-order valence-electron chi connectivity index (χ1n) is 5.19. The molecular weight excluding hydrogens is 220 g/mol. The van der Waals surface area contributed by atoms with E-state index < -0.39 is 5.91 Å². The fraction of sp³-hybridized carbons (Fsp3) is 0.333. The molecule has 1 heterocycles. The van der Waals surface area contributed by atoms with Gasteiger partial charge in [-0.2, -0.15) is 0 Å². The van der Waals surface area contributed by atoms with E-state index in [1.165, 1.54) is 19.4 Å². The third-order valence-electron chi connectivity index (χ3n) is 2.10. The Labute approximate surface area is 100 Å². The highest BCUT2D eigenvalue weighted by Crippen LogP contribution is 2.27. The van der Waals surface area contributed by atoms with Gasteiger partial charge in [0.2, 0.25) is 0 Å². The summed E-state index contributed by atoms with van der Waals surface area (Å²) in [6.07, 6.45) is 3.28. The Morgan fingerprint density at radius 1 is 1.59 bits per heavy atom. The Kier molecular flexibility index (Phi) is 4.51. The summed E-state index contributed by atoms with van der Waals surface area (Å²) in [5.74, 6) is -0.448. The summed E-state index contributed by atoms with van der Waals surface area (Å²) >= 11 is 0. The molecule has 0 aliphatic rings. The maximum absolute atomic E-state index is 11.7. The van der Waals surface area contributed by atoms with Crippen LogP contribution in [0.25, 0.3) is 0 Å². The van der Waals surface area contributed by atoms with Crippen LogP contribution in [0.2, 0.25) is 0 Å². The summed E-state index contributed by atoms with van der Waals surface area (Å²) in [7, 11) is 1.42. The Morgan fingerprint density at radius 2 is 2.29 bits per heavy atom.